The van der Waals surface area contributed by atoms with Crippen LogP contribution in [0.2, 0.25) is 0 Å². The number of rotatable bonds is 13. The molecule has 3 aliphatic heterocycles. The Labute approximate surface area is 336 Å². The van der Waals surface area contributed by atoms with Gasteiger partial charge in [-0.25, -0.2) is 14.7 Å². The Hall–Kier alpha value is -5.70. The van der Waals surface area contributed by atoms with Gasteiger partial charge in [-0.3, -0.25) is 28.8 Å². The number of nitrogens with zero attached hydrogens (tertiary/aromatic N) is 3. The van der Waals surface area contributed by atoms with Crippen molar-refractivity contribution < 1.29 is 28.8 Å². The van der Waals surface area contributed by atoms with Crippen molar-refractivity contribution in [1.82, 2.24) is 14.7 Å². The third-order valence-corrected chi connectivity index (χ3v) is 13.4. The minimum atomic E-state index is -0.632. The van der Waals surface area contributed by atoms with E-state index in [0.717, 1.165) is 36.8 Å². The largest absolute Gasteiger partial charge is 0.269 e. The average Bonchev–Trinajstić information content (AvgIpc) is 3.68. The van der Waals surface area contributed by atoms with E-state index >= 15 is 0 Å². The third kappa shape index (κ3) is 7.47. The Morgan fingerprint density at radius 1 is 0.491 bits per heavy atom. The highest BCUT2D eigenvalue weighted by Crippen LogP contribution is 2.56. The van der Waals surface area contributed by atoms with Crippen molar-refractivity contribution in [3.63, 3.8) is 0 Å². The second-order valence-corrected chi connectivity index (χ2v) is 16.2. The summed E-state index contributed by atoms with van der Waals surface area (Å²) in [5, 5.41) is 0. The van der Waals surface area contributed by atoms with E-state index in [1.807, 2.05) is 42.5 Å². The molecule has 0 bridgehead atoms. The Morgan fingerprint density at radius 2 is 0.895 bits per heavy atom. The molecular formula is C48H53N3O6. The number of amides is 6. The third-order valence-electron chi connectivity index (χ3n) is 13.4. The van der Waals surface area contributed by atoms with Crippen LogP contribution < -0.4 is 0 Å². The average molecular weight is 768 g/mol. The van der Waals surface area contributed by atoms with Gasteiger partial charge in [0, 0.05) is 58.7 Å². The van der Waals surface area contributed by atoms with Crippen LogP contribution in [0.15, 0.2) is 144 Å². The van der Waals surface area contributed by atoms with Gasteiger partial charge in [-0.1, -0.05) is 95.2 Å². The summed E-state index contributed by atoms with van der Waals surface area (Å²) in [6.45, 7) is 13.0. The maximum atomic E-state index is 13.5. The zero-order valence-corrected chi connectivity index (χ0v) is 33.9. The summed E-state index contributed by atoms with van der Waals surface area (Å²) in [6.07, 6.45) is 39.4. The van der Waals surface area contributed by atoms with Gasteiger partial charge in [0.25, 0.3) is 35.4 Å². The lowest BCUT2D eigenvalue weighted by Gasteiger charge is -2.48. The van der Waals surface area contributed by atoms with Crippen LogP contribution >= 0.6 is 0 Å². The minimum absolute atomic E-state index is 0.366. The van der Waals surface area contributed by atoms with Crippen LogP contribution in [0.4, 0.5) is 0 Å². The number of hydrogen-bond donors (Lipinski definition) is 0. The fourth-order valence-corrected chi connectivity index (χ4v) is 9.69. The van der Waals surface area contributed by atoms with Gasteiger partial charge in [-0.2, -0.15) is 0 Å². The maximum absolute atomic E-state index is 13.5. The van der Waals surface area contributed by atoms with Gasteiger partial charge in [0.1, 0.15) is 0 Å². The van der Waals surface area contributed by atoms with Gasteiger partial charge in [0.15, 0.2) is 0 Å². The molecule has 3 aliphatic carbocycles. The first-order valence-corrected chi connectivity index (χ1v) is 20.1. The summed E-state index contributed by atoms with van der Waals surface area (Å²) in [5.74, 6) is -2.26. The van der Waals surface area contributed by atoms with E-state index in [1.54, 1.807) is 12.2 Å². The highest BCUT2D eigenvalue weighted by Gasteiger charge is 2.47. The molecule has 57 heavy (non-hydrogen) atoms. The minimum Gasteiger partial charge on any atom is -0.269 e. The molecule has 0 saturated carbocycles. The first-order chi connectivity index (χ1) is 27.2. The van der Waals surface area contributed by atoms with Crippen LogP contribution in [0.1, 0.15) is 92.9 Å². The van der Waals surface area contributed by atoms with Crippen molar-refractivity contribution in [3.8, 4) is 0 Å². The molecule has 9 nitrogen and oxygen atoms in total. The van der Waals surface area contributed by atoms with Crippen molar-refractivity contribution in [1.29, 1.82) is 0 Å². The molecular weight excluding hydrogens is 715 g/mol. The van der Waals surface area contributed by atoms with Crippen molar-refractivity contribution in [2.45, 2.75) is 92.9 Å². The first kappa shape index (κ1) is 40.9. The standard InChI is InChI=1S/C48H53N3O6/c1-7-47(8-2,45(5)26-14-13-19-37(32-45)50-41(54)22-23-42(50)55)31-35-17-15-27-46(6,33-38(29-35)51-43(56)24-25-44(51)57)48(9-3,10-4)30-34-16-11-12-18-36(28-34)49-39(52)20-21-40(49)53/h11-15,18-29,32-33H,7-10,16-17,30-31H2,1-6H3/b27-15-,35-29?,38-33+. The van der Waals surface area contributed by atoms with E-state index < -0.39 is 22.6 Å². The summed E-state index contributed by atoms with van der Waals surface area (Å²) in [7, 11) is 0. The van der Waals surface area contributed by atoms with Gasteiger partial charge in [-0.05, 0) is 98.7 Å². The van der Waals surface area contributed by atoms with E-state index in [1.165, 1.54) is 51.2 Å². The fraction of sp³-hybridized carbons (Fsp3) is 0.375. The van der Waals surface area contributed by atoms with Gasteiger partial charge in [0.2, 0.25) is 0 Å². The molecule has 0 aromatic carbocycles. The summed E-state index contributed by atoms with van der Waals surface area (Å²) in [4.78, 5) is 81.5. The summed E-state index contributed by atoms with van der Waals surface area (Å²) in [6, 6.07) is 0. The zero-order chi connectivity index (χ0) is 41.2. The Morgan fingerprint density at radius 3 is 1.39 bits per heavy atom. The summed E-state index contributed by atoms with van der Waals surface area (Å²) < 4.78 is 0. The molecule has 6 aliphatic rings. The molecule has 2 atom stereocenters. The van der Waals surface area contributed by atoms with Gasteiger partial charge in [0.05, 0.1) is 5.70 Å². The molecule has 6 rings (SSSR count). The van der Waals surface area contributed by atoms with Crippen LogP contribution in [0, 0.1) is 21.7 Å². The van der Waals surface area contributed by atoms with Crippen molar-refractivity contribution in [3.05, 3.63) is 144 Å². The molecule has 0 spiro atoms. The molecule has 0 saturated heterocycles. The maximum Gasteiger partial charge on any atom is 0.258 e. The molecule has 3 heterocycles. The van der Waals surface area contributed by atoms with Crippen LogP contribution in [-0.2, 0) is 28.8 Å². The highest BCUT2D eigenvalue weighted by molar-refractivity contribution is 6.16. The SMILES string of the molecule is CCC(CC)(CC1=C/C(N2C(=O)C=CC2=O)=C\C(C)(C(CC)(CC)CC2=CC(N3C(=O)C=CC3=O)=CC=CC2)/C=C\C1)C1(C)C=CC=CC(N2C(=O)C=CC2=O)=C1. The highest BCUT2D eigenvalue weighted by atomic mass is 16.2. The fourth-order valence-electron chi connectivity index (χ4n) is 9.69. The first-order valence-electron chi connectivity index (χ1n) is 20.1. The van der Waals surface area contributed by atoms with Crippen LogP contribution in [0.3, 0.4) is 0 Å². The number of carbonyl (C=O) groups excluding carboxylic acids is 6. The van der Waals surface area contributed by atoms with Crippen molar-refractivity contribution in [2.24, 2.45) is 21.7 Å². The van der Waals surface area contributed by atoms with Gasteiger partial charge < -0.3 is 0 Å². The molecule has 0 aromatic heterocycles. The number of hydrogen-bond acceptors (Lipinski definition) is 6. The summed E-state index contributed by atoms with van der Waals surface area (Å²) >= 11 is 0. The molecule has 0 radical (unpaired) electrons. The Balaban J connectivity index is 1.42. The van der Waals surface area contributed by atoms with E-state index in [4.69, 9.17) is 0 Å². The van der Waals surface area contributed by atoms with Crippen molar-refractivity contribution in [2.75, 3.05) is 0 Å². The quantitative estimate of drug-likeness (QED) is 0.137. The Bertz CT molecular complexity index is 2100. The molecule has 9 heteroatoms. The second-order valence-electron chi connectivity index (χ2n) is 16.2. The van der Waals surface area contributed by atoms with Gasteiger partial charge >= 0.3 is 0 Å². The lowest BCUT2D eigenvalue weighted by Crippen LogP contribution is -2.40. The molecule has 6 amide bonds. The zero-order valence-electron chi connectivity index (χ0n) is 33.9. The molecule has 0 N–H and O–H groups in total. The number of carbonyl (C=O) groups is 6. The molecule has 0 fully saturated rings. The van der Waals surface area contributed by atoms with E-state index in [2.05, 4.69) is 65.8 Å². The molecule has 0 aromatic rings. The lowest BCUT2D eigenvalue weighted by atomic mass is 9.56. The number of imide groups is 3. The van der Waals surface area contributed by atoms with Crippen LogP contribution in [-0.4, -0.2) is 50.1 Å². The topological polar surface area (TPSA) is 112 Å². The van der Waals surface area contributed by atoms with Crippen LogP contribution in [0.25, 0.3) is 0 Å². The monoisotopic (exact) mass is 767 g/mol. The van der Waals surface area contributed by atoms with Crippen LogP contribution in [0.5, 0.6) is 0 Å². The second kappa shape index (κ2) is 16.0. The molecule has 296 valence electrons. The van der Waals surface area contributed by atoms with Gasteiger partial charge in [-0.15, -0.1) is 0 Å². The van der Waals surface area contributed by atoms with E-state index in [9.17, 15) is 28.8 Å². The predicted molar refractivity (Wildman–Crippen MR) is 221 cm³/mol. The van der Waals surface area contributed by atoms with E-state index in [-0.39, 0.29) is 34.5 Å². The smallest absolute Gasteiger partial charge is 0.258 e. The predicted octanol–water partition coefficient (Wildman–Crippen LogP) is 8.72. The lowest BCUT2D eigenvalue weighted by molar-refractivity contribution is -0.135. The number of allylic oxidation sites excluding steroid dienone is 15. The van der Waals surface area contributed by atoms with E-state index in [0.29, 0.717) is 42.8 Å². The Kier molecular flexibility index (Phi) is 11.5. The molecule has 2 unspecified atom stereocenters. The summed E-state index contributed by atoms with van der Waals surface area (Å²) in [5.41, 5.74) is 1.73. The van der Waals surface area contributed by atoms with Crippen molar-refractivity contribution >= 4 is 35.4 Å². The normalized spacial score (nSPS) is 26.7.